The molecule has 0 radical (unpaired) electrons. The van der Waals surface area contributed by atoms with Gasteiger partial charge in [-0.15, -0.1) is 0 Å². The molecular formula is C4H3FOS. The van der Waals surface area contributed by atoms with Gasteiger partial charge in [-0.1, -0.05) is 11.3 Å². The van der Waals surface area contributed by atoms with Crippen LogP contribution < -0.4 is 0 Å². The first-order valence-corrected chi connectivity index (χ1v) is 2.55. The van der Waals surface area contributed by atoms with Gasteiger partial charge >= 0.3 is 0 Å². The molecule has 1 nitrogen and oxygen atoms in total. The Hall–Kier alpha value is -0.570. The average molecular weight is 118 g/mol. The van der Waals surface area contributed by atoms with Crippen LogP contribution in [-0.4, -0.2) is 5.11 Å². The SMILES string of the molecule is Oc1ccc(F)s1. The van der Waals surface area contributed by atoms with Crippen LogP contribution in [-0.2, 0) is 0 Å². The monoisotopic (exact) mass is 118 g/mol. The van der Waals surface area contributed by atoms with E-state index in [0.29, 0.717) is 0 Å². The van der Waals surface area contributed by atoms with Crippen molar-refractivity contribution < 1.29 is 9.50 Å². The van der Waals surface area contributed by atoms with Gasteiger partial charge < -0.3 is 5.11 Å². The van der Waals surface area contributed by atoms with Crippen LogP contribution >= 0.6 is 11.3 Å². The lowest BCUT2D eigenvalue weighted by Crippen LogP contribution is -1.43. The lowest BCUT2D eigenvalue weighted by Gasteiger charge is -1.69. The minimum Gasteiger partial charge on any atom is -0.499 e. The Balaban J connectivity index is 3.04. The molecule has 0 saturated carbocycles. The highest BCUT2D eigenvalue weighted by atomic mass is 32.1. The number of rotatable bonds is 0. The van der Waals surface area contributed by atoms with E-state index in [1.54, 1.807) is 0 Å². The highest BCUT2D eigenvalue weighted by Crippen LogP contribution is 2.19. The molecule has 0 unspecified atom stereocenters. The maximum absolute atomic E-state index is 11.8. The van der Waals surface area contributed by atoms with E-state index in [-0.39, 0.29) is 10.2 Å². The summed E-state index contributed by atoms with van der Waals surface area (Å²) in [6, 6.07) is 2.54. The van der Waals surface area contributed by atoms with E-state index in [1.165, 1.54) is 12.1 Å². The summed E-state index contributed by atoms with van der Waals surface area (Å²) in [6.45, 7) is 0. The van der Waals surface area contributed by atoms with Crippen LogP contribution in [0, 0.1) is 5.13 Å². The van der Waals surface area contributed by atoms with E-state index in [2.05, 4.69) is 0 Å². The summed E-state index contributed by atoms with van der Waals surface area (Å²) in [5.74, 6) is 0. The van der Waals surface area contributed by atoms with E-state index in [0.717, 1.165) is 11.3 Å². The van der Waals surface area contributed by atoms with Gasteiger partial charge in [-0.3, -0.25) is 0 Å². The summed E-state index contributed by atoms with van der Waals surface area (Å²) >= 11 is 0.731. The Morgan fingerprint density at radius 2 is 2.29 bits per heavy atom. The van der Waals surface area contributed by atoms with Crippen LogP contribution in [0.4, 0.5) is 4.39 Å². The maximum Gasteiger partial charge on any atom is 0.179 e. The van der Waals surface area contributed by atoms with Crippen LogP contribution in [0.15, 0.2) is 12.1 Å². The average Bonchev–Trinajstić information content (AvgIpc) is 1.87. The number of aromatic hydroxyl groups is 1. The van der Waals surface area contributed by atoms with Crippen molar-refractivity contribution in [2.45, 2.75) is 0 Å². The first kappa shape index (κ1) is 4.59. The standard InChI is InChI=1S/C4H3FOS/c5-3-1-2-4(6)7-3/h1-2,6H. The highest BCUT2D eigenvalue weighted by Gasteiger charge is 1.91. The van der Waals surface area contributed by atoms with E-state index in [1.807, 2.05) is 0 Å². The first-order valence-electron chi connectivity index (χ1n) is 1.73. The third-order valence-corrected chi connectivity index (χ3v) is 1.24. The molecule has 0 bridgehead atoms. The Morgan fingerprint density at radius 3 is 2.43 bits per heavy atom. The maximum atomic E-state index is 11.8. The van der Waals surface area contributed by atoms with Gasteiger partial charge in [0.05, 0.1) is 0 Å². The zero-order valence-electron chi connectivity index (χ0n) is 3.39. The summed E-state index contributed by atoms with van der Waals surface area (Å²) in [6.07, 6.45) is 0. The molecule has 0 aliphatic rings. The van der Waals surface area contributed by atoms with Crippen molar-refractivity contribution in [1.29, 1.82) is 0 Å². The van der Waals surface area contributed by atoms with E-state index < -0.39 is 0 Å². The van der Waals surface area contributed by atoms with Gasteiger partial charge in [-0.25, -0.2) is 0 Å². The molecule has 3 heteroatoms. The van der Waals surface area contributed by atoms with Crippen molar-refractivity contribution in [3.8, 4) is 5.06 Å². The molecule has 38 valence electrons. The van der Waals surface area contributed by atoms with Crippen LogP contribution in [0.5, 0.6) is 5.06 Å². The fourth-order valence-corrected chi connectivity index (χ4v) is 0.777. The van der Waals surface area contributed by atoms with Gasteiger partial charge in [-0.05, 0) is 12.1 Å². The summed E-state index contributed by atoms with van der Waals surface area (Å²) in [4.78, 5) is 0. The summed E-state index contributed by atoms with van der Waals surface area (Å²) in [5, 5.41) is 8.11. The molecule has 7 heavy (non-hydrogen) atoms. The Bertz CT molecular complexity index is 144. The predicted octanol–water partition coefficient (Wildman–Crippen LogP) is 1.59. The first-order chi connectivity index (χ1) is 3.29. The van der Waals surface area contributed by atoms with Crippen molar-refractivity contribution in [3.63, 3.8) is 0 Å². The second kappa shape index (κ2) is 1.50. The topological polar surface area (TPSA) is 20.2 Å². The number of hydrogen-bond acceptors (Lipinski definition) is 2. The van der Waals surface area contributed by atoms with Crippen LogP contribution in [0.3, 0.4) is 0 Å². The molecule has 0 saturated heterocycles. The zero-order valence-corrected chi connectivity index (χ0v) is 4.20. The fraction of sp³-hybridized carbons (Fsp3) is 0. The molecule has 0 aliphatic heterocycles. The molecule has 1 heterocycles. The van der Waals surface area contributed by atoms with Crippen molar-refractivity contribution in [2.24, 2.45) is 0 Å². The normalized spacial score (nSPS) is 9.29. The van der Waals surface area contributed by atoms with Crippen LogP contribution in [0.25, 0.3) is 0 Å². The van der Waals surface area contributed by atoms with Crippen LogP contribution in [0.2, 0.25) is 0 Å². The molecule has 0 aliphatic carbocycles. The minimum atomic E-state index is -0.350. The number of thiophene rings is 1. The Kier molecular flexibility index (Phi) is 0.982. The largest absolute Gasteiger partial charge is 0.499 e. The minimum absolute atomic E-state index is 0.0255. The highest BCUT2D eigenvalue weighted by molar-refractivity contribution is 7.12. The lowest BCUT2D eigenvalue weighted by atomic mass is 10.6. The van der Waals surface area contributed by atoms with Gasteiger partial charge in [0.1, 0.15) is 0 Å². The third kappa shape index (κ3) is 0.899. The number of halogens is 1. The molecular weight excluding hydrogens is 115 g/mol. The van der Waals surface area contributed by atoms with Gasteiger partial charge in [-0.2, -0.15) is 4.39 Å². The lowest BCUT2D eigenvalue weighted by molar-refractivity contribution is 0.491. The molecule has 0 aromatic carbocycles. The third-order valence-electron chi connectivity index (χ3n) is 0.559. The van der Waals surface area contributed by atoms with Gasteiger partial charge in [0.15, 0.2) is 10.2 Å². The molecule has 1 rings (SSSR count). The summed E-state index contributed by atoms with van der Waals surface area (Å²) < 4.78 is 11.8. The molecule has 1 aromatic heterocycles. The van der Waals surface area contributed by atoms with Gasteiger partial charge in [0, 0.05) is 0 Å². The predicted molar refractivity (Wildman–Crippen MR) is 25.9 cm³/mol. The Labute approximate surface area is 44.0 Å². The molecule has 0 spiro atoms. The molecule has 0 fully saturated rings. The quantitative estimate of drug-likeness (QED) is 0.548. The zero-order chi connectivity index (χ0) is 5.28. The summed E-state index contributed by atoms with van der Waals surface area (Å²) in [7, 11) is 0. The fourth-order valence-electron chi connectivity index (χ4n) is 0.305. The molecule has 1 aromatic rings. The van der Waals surface area contributed by atoms with E-state index in [4.69, 9.17) is 5.11 Å². The van der Waals surface area contributed by atoms with Crippen molar-refractivity contribution in [3.05, 3.63) is 17.3 Å². The van der Waals surface area contributed by atoms with Crippen molar-refractivity contribution >= 4 is 11.3 Å². The van der Waals surface area contributed by atoms with Gasteiger partial charge in [0.2, 0.25) is 0 Å². The second-order valence-electron chi connectivity index (χ2n) is 1.08. The number of hydrogen-bond donors (Lipinski definition) is 1. The molecule has 1 N–H and O–H groups in total. The second-order valence-corrected chi connectivity index (χ2v) is 2.09. The summed E-state index contributed by atoms with van der Waals surface area (Å²) in [5.41, 5.74) is 0. The van der Waals surface area contributed by atoms with Gasteiger partial charge in [0.25, 0.3) is 0 Å². The van der Waals surface area contributed by atoms with Crippen LogP contribution in [0.1, 0.15) is 0 Å². The van der Waals surface area contributed by atoms with E-state index >= 15 is 0 Å². The van der Waals surface area contributed by atoms with E-state index in [9.17, 15) is 4.39 Å². The van der Waals surface area contributed by atoms with Crippen molar-refractivity contribution in [2.75, 3.05) is 0 Å². The molecule has 0 atom stereocenters. The van der Waals surface area contributed by atoms with Crippen molar-refractivity contribution in [1.82, 2.24) is 0 Å². The molecule has 0 amide bonds. The smallest absolute Gasteiger partial charge is 0.179 e. The Morgan fingerprint density at radius 1 is 1.57 bits per heavy atom.